The van der Waals surface area contributed by atoms with Gasteiger partial charge in [-0.15, -0.1) is 5.10 Å². The van der Waals surface area contributed by atoms with Crippen LogP contribution in [0.5, 0.6) is 0 Å². The second-order valence-electron chi connectivity index (χ2n) is 3.31. The number of nitrogens with one attached hydrogen (secondary N) is 1. The number of nitrogens with zero attached hydrogens (tertiary/aromatic N) is 4. The van der Waals surface area contributed by atoms with Crippen LogP contribution in [0.2, 0.25) is 0 Å². The minimum absolute atomic E-state index is 0.766. The molecule has 0 amide bonds. The van der Waals surface area contributed by atoms with E-state index in [1.165, 1.54) is 0 Å². The van der Waals surface area contributed by atoms with E-state index in [0.29, 0.717) is 0 Å². The molecule has 0 spiro atoms. The number of hydrogen-bond acceptors (Lipinski definition) is 4. The normalized spacial score (nSPS) is 10.6. The van der Waals surface area contributed by atoms with Gasteiger partial charge in [0.05, 0.1) is 18.4 Å². The van der Waals surface area contributed by atoms with E-state index >= 15 is 0 Å². The molecule has 0 saturated heterocycles. The van der Waals surface area contributed by atoms with E-state index in [1.54, 1.807) is 17.1 Å². The van der Waals surface area contributed by atoms with Crippen LogP contribution in [0.15, 0.2) is 35.2 Å². The van der Waals surface area contributed by atoms with Crippen LogP contribution in [0, 0.1) is 0 Å². The molecule has 0 aliphatic heterocycles. The second-order valence-corrected chi connectivity index (χ2v) is 4.23. The van der Waals surface area contributed by atoms with Crippen molar-refractivity contribution in [2.75, 3.05) is 6.54 Å². The third-order valence-electron chi connectivity index (χ3n) is 2.08. The molecule has 2 aromatic rings. The zero-order chi connectivity index (χ0) is 11.2. The fraction of sp³-hybridized carbons (Fsp3) is 0.300. The lowest BCUT2D eigenvalue weighted by molar-refractivity contribution is 0.537. The van der Waals surface area contributed by atoms with Crippen molar-refractivity contribution in [3.63, 3.8) is 0 Å². The van der Waals surface area contributed by atoms with Crippen LogP contribution < -0.4 is 5.32 Å². The van der Waals surface area contributed by atoms with Gasteiger partial charge in [0.2, 0.25) is 0 Å². The molecule has 0 atom stereocenters. The van der Waals surface area contributed by atoms with Crippen LogP contribution in [0.1, 0.15) is 5.69 Å². The van der Waals surface area contributed by atoms with Gasteiger partial charge >= 0.3 is 0 Å². The molecule has 0 fully saturated rings. The Morgan fingerprint density at radius 2 is 2.31 bits per heavy atom. The van der Waals surface area contributed by atoms with E-state index in [-0.39, 0.29) is 0 Å². The van der Waals surface area contributed by atoms with Gasteiger partial charge in [0.25, 0.3) is 0 Å². The SMILES string of the molecule is Brc1ccc(CNCCn2ccnn2)nc1. The highest BCUT2D eigenvalue weighted by atomic mass is 79.9. The molecular formula is C10H12BrN5. The van der Waals surface area contributed by atoms with Crippen molar-refractivity contribution in [1.82, 2.24) is 25.3 Å². The zero-order valence-electron chi connectivity index (χ0n) is 8.67. The van der Waals surface area contributed by atoms with Crippen molar-refractivity contribution in [3.05, 3.63) is 40.9 Å². The number of halogens is 1. The molecule has 0 aromatic carbocycles. The second kappa shape index (κ2) is 5.72. The smallest absolute Gasteiger partial charge is 0.0692 e. The summed E-state index contributed by atoms with van der Waals surface area (Å²) in [7, 11) is 0. The molecule has 2 heterocycles. The fourth-order valence-corrected chi connectivity index (χ4v) is 1.51. The first-order chi connectivity index (χ1) is 7.84. The van der Waals surface area contributed by atoms with E-state index in [2.05, 4.69) is 36.5 Å². The molecule has 0 radical (unpaired) electrons. The van der Waals surface area contributed by atoms with Gasteiger partial charge in [0.1, 0.15) is 0 Å². The monoisotopic (exact) mass is 281 g/mol. The minimum Gasteiger partial charge on any atom is -0.309 e. The van der Waals surface area contributed by atoms with Gasteiger partial charge in [-0.1, -0.05) is 5.21 Å². The van der Waals surface area contributed by atoms with Crippen LogP contribution in [0.3, 0.4) is 0 Å². The van der Waals surface area contributed by atoms with Crippen LogP contribution >= 0.6 is 15.9 Å². The van der Waals surface area contributed by atoms with E-state index in [1.807, 2.05) is 18.3 Å². The summed E-state index contributed by atoms with van der Waals surface area (Å²) in [5, 5.41) is 10.9. The molecule has 2 aromatic heterocycles. The van der Waals surface area contributed by atoms with Crippen molar-refractivity contribution in [2.45, 2.75) is 13.1 Å². The highest BCUT2D eigenvalue weighted by Gasteiger charge is 1.95. The van der Waals surface area contributed by atoms with Crippen molar-refractivity contribution in [3.8, 4) is 0 Å². The van der Waals surface area contributed by atoms with Crippen LogP contribution in [0.4, 0.5) is 0 Å². The summed E-state index contributed by atoms with van der Waals surface area (Å²) in [5.74, 6) is 0. The van der Waals surface area contributed by atoms with E-state index < -0.39 is 0 Å². The average molecular weight is 282 g/mol. The lowest BCUT2D eigenvalue weighted by Crippen LogP contribution is -2.20. The average Bonchev–Trinajstić information content (AvgIpc) is 2.80. The van der Waals surface area contributed by atoms with Gasteiger partial charge < -0.3 is 5.32 Å². The Morgan fingerprint density at radius 1 is 1.38 bits per heavy atom. The van der Waals surface area contributed by atoms with Crippen molar-refractivity contribution in [2.24, 2.45) is 0 Å². The number of hydrogen-bond donors (Lipinski definition) is 1. The lowest BCUT2D eigenvalue weighted by atomic mass is 10.3. The molecular weight excluding hydrogens is 270 g/mol. The molecule has 0 saturated carbocycles. The van der Waals surface area contributed by atoms with Crippen molar-refractivity contribution < 1.29 is 0 Å². The lowest BCUT2D eigenvalue weighted by Gasteiger charge is -2.04. The molecule has 6 heteroatoms. The summed E-state index contributed by atoms with van der Waals surface area (Å²) >= 11 is 3.35. The van der Waals surface area contributed by atoms with Gasteiger partial charge in [0, 0.05) is 30.0 Å². The zero-order valence-corrected chi connectivity index (χ0v) is 10.3. The van der Waals surface area contributed by atoms with Gasteiger partial charge in [0.15, 0.2) is 0 Å². The molecule has 5 nitrogen and oxygen atoms in total. The number of rotatable bonds is 5. The largest absolute Gasteiger partial charge is 0.309 e. The number of aromatic nitrogens is 4. The molecule has 2 rings (SSSR count). The highest BCUT2D eigenvalue weighted by molar-refractivity contribution is 9.10. The molecule has 1 N–H and O–H groups in total. The van der Waals surface area contributed by atoms with E-state index in [9.17, 15) is 0 Å². The van der Waals surface area contributed by atoms with Gasteiger partial charge in [-0.25, -0.2) is 0 Å². The molecule has 0 aliphatic rings. The summed E-state index contributed by atoms with van der Waals surface area (Å²) in [5.41, 5.74) is 1.03. The van der Waals surface area contributed by atoms with E-state index in [0.717, 1.165) is 29.8 Å². The quantitative estimate of drug-likeness (QED) is 0.838. The Bertz CT molecular complexity index is 411. The Morgan fingerprint density at radius 3 is 3.00 bits per heavy atom. The van der Waals surface area contributed by atoms with E-state index in [4.69, 9.17) is 0 Å². The Hall–Kier alpha value is -1.27. The predicted octanol–water partition coefficient (Wildman–Crippen LogP) is 1.23. The summed E-state index contributed by atoms with van der Waals surface area (Å²) in [6.45, 7) is 2.43. The van der Waals surface area contributed by atoms with Gasteiger partial charge in [-0.2, -0.15) is 0 Å². The summed E-state index contributed by atoms with van der Waals surface area (Å²) in [6, 6.07) is 3.98. The Kier molecular flexibility index (Phi) is 4.01. The standard InChI is InChI=1S/C10H12BrN5/c11-9-1-2-10(13-7-9)8-12-3-5-16-6-4-14-15-16/h1-2,4,6-7,12H,3,5,8H2. The third kappa shape index (κ3) is 3.39. The molecule has 0 bridgehead atoms. The van der Waals surface area contributed by atoms with Gasteiger partial charge in [-0.3, -0.25) is 9.67 Å². The first-order valence-electron chi connectivity index (χ1n) is 5.00. The maximum atomic E-state index is 4.27. The maximum absolute atomic E-state index is 4.27. The minimum atomic E-state index is 0.766. The summed E-state index contributed by atoms with van der Waals surface area (Å²) in [4.78, 5) is 4.27. The predicted molar refractivity (Wildman–Crippen MR) is 63.7 cm³/mol. The first kappa shape index (κ1) is 11.2. The van der Waals surface area contributed by atoms with Crippen molar-refractivity contribution >= 4 is 15.9 Å². The van der Waals surface area contributed by atoms with Gasteiger partial charge in [-0.05, 0) is 28.1 Å². The molecule has 0 unspecified atom stereocenters. The Labute approximate surface area is 102 Å². The fourth-order valence-electron chi connectivity index (χ4n) is 1.27. The number of pyridine rings is 1. The highest BCUT2D eigenvalue weighted by Crippen LogP contribution is 2.06. The summed E-state index contributed by atoms with van der Waals surface area (Å²) < 4.78 is 2.79. The first-order valence-corrected chi connectivity index (χ1v) is 5.79. The summed E-state index contributed by atoms with van der Waals surface area (Å²) in [6.07, 6.45) is 5.32. The molecule has 84 valence electrons. The van der Waals surface area contributed by atoms with Crippen LogP contribution in [-0.4, -0.2) is 26.5 Å². The topological polar surface area (TPSA) is 55.6 Å². The Balaban J connectivity index is 1.70. The molecule has 0 aliphatic carbocycles. The third-order valence-corrected chi connectivity index (χ3v) is 2.55. The van der Waals surface area contributed by atoms with Crippen molar-refractivity contribution in [1.29, 1.82) is 0 Å². The van der Waals surface area contributed by atoms with Crippen LogP contribution in [0.25, 0.3) is 0 Å². The molecule has 16 heavy (non-hydrogen) atoms. The maximum Gasteiger partial charge on any atom is 0.0692 e. The van der Waals surface area contributed by atoms with Crippen LogP contribution in [-0.2, 0) is 13.1 Å².